The third-order valence-corrected chi connectivity index (χ3v) is 6.69. The topological polar surface area (TPSA) is 93.0 Å². The van der Waals surface area contributed by atoms with Crippen molar-refractivity contribution < 1.29 is 30.3 Å². The van der Waals surface area contributed by atoms with Crippen molar-refractivity contribution in [2.24, 2.45) is 0 Å². The molecule has 3 aromatic rings. The van der Waals surface area contributed by atoms with Crippen LogP contribution < -0.4 is 14.8 Å². The minimum atomic E-state index is -1.01. The molecule has 7 nitrogen and oxygen atoms in total. The normalized spacial score (nSPS) is 17.1. The van der Waals surface area contributed by atoms with E-state index in [2.05, 4.69) is 5.32 Å². The van der Waals surface area contributed by atoms with Crippen molar-refractivity contribution in [1.82, 2.24) is 4.57 Å². The molecular weight excluding hydrogens is 439 g/mol. The maximum Gasteiger partial charge on any atom is 0.235 e. The Morgan fingerprint density at radius 3 is 2.62 bits per heavy atom. The Morgan fingerprint density at radius 1 is 1.21 bits per heavy atom. The molecule has 1 amide bonds. The van der Waals surface area contributed by atoms with Gasteiger partial charge in [-0.3, -0.25) is 4.79 Å². The quantitative estimate of drug-likeness (QED) is 0.505. The number of fused-ring (bicyclic) bond motifs is 2. The summed E-state index contributed by atoms with van der Waals surface area (Å²) in [5.41, 5.74) is 1.42. The van der Waals surface area contributed by atoms with E-state index < -0.39 is 23.9 Å². The molecule has 1 unspecified atom stereocenters. The molecule has 0 spiro atoms. The van der Waals surface area contributed by atoms with Gasteiger partial charge in [-0.05, 0) is 48.7 Å². The number of carbonyl (C=O) groups is 1. The van der Waals surface area contributed by atoms with E-state index in [4.69, 9.17) is 9.47 Å². The van der Waals surface area contributed by atoms with Crippen LogP contribution in [0.4, 0.5) is 10.1 Å². The number of aliphatic hydroxyl groups is 2. The molecule has 5 rings (SSSR count). The lowest BCUT2D eigenvalue weighted by Gasteiger charge is -2.23. The fourth-order valence-corrected chi connectivity index (χ4v) is 4.73. The standard InChI is InChI=1S/C26H29FN2O5.H2/c1-25(2,3)22-9-15-8-17(11-19(27)23(15)29(22)12-18(31)13-30)28-24(32)26(6-7-26)16-4-5-20-21(10-16)34-14-33-20;/h4-5,8-11,18,30-31H,6-7,12-14H2,1-3H3,(H,28,32);1H. The van der Waals surface area contributed by atoms with Gasteiger partial charge in [0.25, 0.3) is 0 Å². The Hall–Kier alpha value is -3.10. The van der Waals surface area contributed by atoms with E-state index in [1.54, 1.807) is 10.6 Å². The summed E-state index contributed by atoms with van der Waals surface area (Å²) in [6.45, 7) is 5.84. The fourth-order valence-electron chi connectivity index (χ4n) is 4.73. The highest BCUT2D eigenvalue weighted by atomic mass is 19.1. The number of aliphatic hydroxyl groups excluding tert-OH is 2. The summed E-state index contributed by atoms with van der Waals surface area (Å²) in [7, 11) is 0. The second-order valence-electron chi connectivity index (χ2n) is 10.2. The first-order valence-electron chi connectivity index (χ1n) is 11.5. The monoisotopic (exact) mass is 470 g/mol. The van der Waals surface area contributed by atoms with Gasteiger partial charge in [0.1, 0.15) is 5.82 Å². The first-order valence-corrected chi connectivity index (χ1v) is 11.5. The van der Waals surface area contributed by atoms with Crippen molar-refractivity contribution in [2.75, 3.05) is 18.7 Å². The molecule has 2 aliphatic rings. The molecular formula is C26H31FN2O5. The van der Waals surface area contributed by atoms with Gasteiger partial charge in [-0.2, -0.15) is 0 Å². The van der Waals surface area contributed by atoms with Crippen molar-refractivity contribution in [3.63, 3.8) is 0 Å². The van der Waals surface area contributed by atoms with Crippen molar-refractivity contribution in [2.45, 2.75) is 57.1 Å². The Bertz CT molecular complexity index is 1280. The number of nitrogens with one attached hydrogen (secondary N) is 1. The Labute approximate surface area is 198 Å². The van der Waals surface area contributed by atoms with E-state index in [0.717, 1.165) is 11.3 Å². The average Bonchev–Trinajstić information content (AvgIpc) is 3.31. The molecule has 1 saturated carbocycles. The van der Waals surface area contributed by atoms with E-state index in [1.165, 1.54) is 6.07 Å². The van der Waals surface area contributed by atoms with Crippen LogP contribution in [0.1, 0.15) is 46.3 Å². The number of rotatable bonds is 6. The van der Waals surface area contributed by atoms with E-state index in [-0.39, 0.29) is 26.1 Å². The number of hydrogen-bond donors (Lipinski definition) is 3. The maximum atomic E-state index is 15.4. The lowest BCUT2D eigenvalue weighted by Crippen LogP contribution is -2.28. The predicted octanol–water partition coefficient (Wildman–Crippen LogP) is 4.08. The highest BCUT2D eigenvalue weighted by Gasteiger charge is 2.51. The molecule has 1 aromatic heterocycles. The number of anilines is 1. The van der Waals surface area contributed by atoms with Crippen LogP contribution in [0, 0.1) is 5.82 Å². The number of hydrogen-bond acceptors (Lipinski definition) is 5. The number of benzene rings is 2. The second kappa shape index (κ2) is 7.99. The van der Waals surface area contributed by atoms with Crippen molar-refractivity contribution >= 4 is 22.5 Å². The second-order valence-corrected chi connectivity index (χ2v) is 10.2. The molecule has 8 heteroatoms. The molecule has 2 aromatic carbocycles. The third-order valence-electron chi connectivity index (χ3n) is 6.69. The van der Waals surface area contributed by atoms with Gasteiger partial charge in [-0.25, -0.2) is 4.39 Å². The lowest BCUT2D eigenvalue weighted by atomic mass is 9.92. The molecule has 1 aliphatic heterocycles. The number of carbonyl (C=O) groups excluding carboxylic acids is 1. The van der Waals surface area contributed by atoms with Crippen molar-refractivity contribution in [1.29, 1.82) is 0 Å². The smallest absolute Gasteiger partial charge is 0.235 e. The van der Waals surface area contributed by atoms with Crippen LogP contribution in [0.3, 0.4) is 0 Å². The van der Waals surface area contributed by atoms with Crippen LogP contribution in [0.25, 0.3) is 10.9 Å². The Morgan fingerprint density at radius 2 is 1.94 bits per heavy atom. The zero-order valence-electron chi connectivity index (χ0n) is 19.5. The van der Waals surface area contributed by atoms with E-state index in [9.17, 15) is 15.0 Å². The summed E-state index contributed by atoms with van der Waals surface area (Å²) in [6.07, 6.45) is 0.395. The summed E-state index contributed by atoms with van der Waals surface area (Å²) in [4.78, 5) is 13.3. The zero-order chi connectivity index (χ0) is 24.3. The highest BCUT2D eigenvalue weighted by molar-refractivity contribution is 6.02. The molecule has 34 heavy (non-hydrogen) atoms. The molecule has 0 saturated heterocycles. The number of amides is 1. The zero-order valence-corrected chi connectivity index (χ0v) is 19.5. The Balaban J connectivity index is 0.00000289. The minimum absolute atomic E-state index is 0. The van der Waals surface area contributed by atoms with Crippen LogP contribution in [-0.4, -0.2) is 40.2 Å². The number of halogens is 1. The molecule has 1 fully saturated rings. The van der Waals surface area contributed by atoms with E-state index >= 15 is 4.39 Å². The SMILES string of the molecule is CC(C)(C)c1cc2cc(NC(=O)C3(c4ccc5c(c4)OCO5)CC3)cc(F)c2n1CC(O)CO.[HH]. The van der Waals surface area contributed by atoms with Gasteiger partial charge >= 0.3 is 0 Å². The Kier molecular flexibility index (Phi) is 5.33. The van der Waals surface area contributed by atoms with Crippen LogP contribution in [0.5, 0.6) is 11.5 Å². The summed E-state index contributed by atoms with van der Waals surface area (Å²) in [6, 6.07) is 10.5. The molecule has 2 heterocycles. The first kappa shape index (κ1) is 22.7. The third kappa shape index (κ3) is 3.80. The highest BCUT2D eigenvalue weighted by Crippen LogP contribution is 2.51. The first-order chi connectivity index (χ1) is 16.1. The van der Waals surface area contributed by atoms with Gasteiger partial charge in [-0.1, -0.05) is 26.8 Å². The maximum absolute atomic E-state index is 15.4. The number of ether oxygens (including phenoxy) is 2. The van der Waals surface area contributed by atoms with Gasteiger partial charge < -0.3 is 29.6 Å². The minimum Gasteiger partial charge on any atom is -0.454 e. The molecule has 182 valence electrons. The largest absolute Gasteiger partial charge is 0.454 e. The van der Waals surface area contributed by atoms with Gasteiger partial charge in [0.05, 0.1) is 30.2 Å². The lowest BCUT2D eigenvalue weighted by molar-refractivity contribution is -0.118. The molecule has 3 N–H and O–H groups in total. The fraction of sp³-hybridized carbons (Fsp3) is 0.423. The molecule has 1 aliphatic carbocycles. The number of nitrogens with zero attached hydrogens (tertiary/aromatic N) is 1. The van der Waals surface area contributed by atoms with Gasteiger partial charge in [-0.15, -0.1) is 0 Å². The summed E-state index contributed by atoms with van der Waals surface area (Å²) in [5, 5.41) is 22.9. The van der Waals surface area contributed by atoms with Gasteiger partial charge in [0.2, 0.25) is 12.7 Å². The summed E-state index contributed by atoms with van der Waals surface area (Å²) in [5.74, 6) is 0.612. The van der Waals surface area contributed by atoms with Crippen LogP contribution in [-0.2, 0) is 22.2 Å². The summed E-state index contributed by atoms with van der Waals surface area (Å²) < 4.78 is 27.9. The van der Waals surface area contributed by atoms with E-state index in [1.807, 2.05) is 45.0 Å². The molecule has 0 bridgehead atoms. The van der Waals surface area contributed by atoms with Crippen LogP contribution in [0.15, 0.2) is 36.4 Å². The average molecular weight is 471 g/mol. The van der Waals surface area contributed by atoms with Gasteiger partial charge in [0, 0.05) is 23.6 Å². The van der Waals surface area contributed by atoms with Crippen LogP contribution >= 0.6 is 0 Å². The van der Waals surface area contributed by atoms with Crippen molar-refractivity contribution in [3.05, 3.63) is 53.5 Å². The molecule has 0 radical (unpaired) electrons. The van der Waals surface area contributed by atoms with Crippen molar-refractivity contribution in [3.8, 4) is 11.5 Å². The molecule has 1 atom stereocenters. The van der Waals surface area contributed by atoms with E-state index in [0.29, 0.717) is 40.9 Å². The van der Waals surface area contributed by atoms with Gasteiger partial charge in [0.15, 0.2) is 11.5 Å². The van der Waals surface area contributed by atoms with Crippen LogP contribution in [0.2, 0.25) is 0 Å². The predicted molar refractivity (Wildman–Crippen MR) is 128 cm³/mol. The number of aromatic nitrogens is 1. The summed E-state index contributed by atoms with van der Waals surface area (Å²) >= 11 is 0.